The Kier molecular flexibility index (Phi) is 5.66. The highest BCUT2D eigenvalue weighted by Gasteiger charge is 2.21. The molecule has 0 atom stereocenters. The topological polar surface area (TPSA) is 88.4 Å². The number of likely N-dealkylation sites (tertiary alicyclic amines) is 1. The van der Waals surface area contributed by atoms with E-state index >= 15 is 0 Å². The number of nitrogens with zero attached hydrogens (tertiary/aromatic N) is 6. The molecule has 31 heavy (non-hydrogen) atoms. The molecule has 1 N–H and O–H groups in total. The average Bonchev–Trinajstić information content (AvgIpc) is 3.44. The molecule has 2 aliphatic rings. The highest BCUT2D eigenvalue weighted by atomic mass is 16.5. The molecule has 2 saturated heterocycles. The van der Waals surface area contributed by atoms with E-state index in [1.165, 1.54) is 0 Å². The van der Waals surface area contributed by atoms with Crippen LogP contribution in [0.15, 0.2) is 36.7 Å². The normalized spacial score (nSPS) is 17.0. The van der Waals surface area contributed by atoms with Crippen LogP contribution in [0.5, 0.6) is 0 Å². The van der Waals surface area contributed by atoms with Gasteiger partial charge < -0.3 is 19.9 Å². The molecule has 0 spiro atoms. The lowest BCUT2D eigenvalue weighted by Crippen LogP contribution is -2.37. The van der Waals surface area contributed by atoms with Gasteiger partial charge >= 0.3 is 0 Å². The molecule has 5 rings (SSSR count). The first-order valence-electron chi connectivity index (χ1n) is 10.9. The zero-order valence-electron chi connectivity index (χ0n) is 17.5. The molecule has 0 unspecified atom stereocenters. The number of rotatable bonds is 7. The summed E-state index contributed by atoms with van der Waals surface area (Å²) in [4.78, 5) is 30.2. The lowest BCUT2D eigenvalue weighted by Gasteiger charge is -2.27. The zero-order chi connectivity index (χ0) is 21.0. The summed E-state index contributed by atoms with van der Waals surface area (Å²) >= 11 is 0. The van der Waals surface area contributed by atoms with E-state index in [-0.39, 0.29) is 5.91 Å². The van der Waals surface area contributed by atoms with Crippen molar-refractivity contribution in [3.05, 3.63) is 36.7 Å². The smallest absolute Gasteiger partial charge is 0.229 e. The maximum atomic E-state index is 11.8. The molecule has 3 aromatic rings. The molecule has 4 heterocycles. The fraction of sp³-hybridized carbons (Fsp3) is 0.455. The van der Waals surface area contributed by atoms with E-state index in [0.29, 0.717) is 25.6 Å². The predicted molar refractivity (Wildman–Crippen MR) is 119 cm³/mol. The molecule has 2 aromatic heterocycles. The highest BCUT2D eigenvalue weighted by Crippen LogP contribution is 2.25. The quantitative estimate of drug-likeness (QED) is 0.584. The van der Waals surface area contributed by atoms with Gasteiger partial charge in [0.05, 0.1) is 13.2 Å². The second-order valence-electron chi connectivity index (χ2n) is 7.86. The van der Waals surface area contributed by atoms with E-state index in [1.807, 2.05) is 39.8 Å². The van der Waals surface area contributed by atoms with Crippen molar-refractivity contribution < 1.29 is 9.53 Å². The van der Waals surface area contributed by atoms with Gasteiger partial charge in [-0.2, -0.15) is 9.97 Å². The number of hydrogen-bond acceptors (Lipinski definition) is 7. The number of carbonyl (C=O) groups excluding carboxylic acids is 1. The van der Waals surface area contributed by atoms with Crippen molar-refractivity contribution in [2.75, 3.05) is 56.2 Å². The van der Waals surface area contributed by atoms with Gasteiger partial charge in [0.2, 0.25) is 11.9 Å². The number of morpholine rings is 1. The van der Waals surface area contributed by atoms with Crippen molar-refractivity contribution in [3.63, 3.8) is 0 Å². The van der Waals surface area contributed by atoms with Gasteiger partial charge in [-0.05, 0) is 25.0 Å². The van der Waals surface area contributed by atoms with Crippen molar-refractivity contribution in [1.82, 2.24) is 24.4 Å². The molecule has 0 bridgehead atoms. The molecule has 0 saturated carbocycles. The van der Waals surface area contributed by atoms with Gasteiger partial charge in [-0.1, -0.05) is 18.2 Å². The average molecular weight is 422 g/mol. The lowest BCUT2D eigenvalue weighted by molar-refractivity contribution is -0.127. The van der Waals surface area contributed by atoms with Crippen LogP contribution in [0.3, 0.4) is 0 Å². The summed E-state index contributed by atoms with van der Waals surface area (Å²) in [6.45, 7) is 5.24. The number of amides is 1. The summed E-state index contributed by atoms with van der Waals surface area (Å²) < 4.78 is 7.49. The molecule has 9 heteroatoms. The van der Waals surface area contributed by atoms with Gasteiger partial charge in [0, 0.05) is 44.8 Å². The molecule has 0 radical (unpaired) electrons. The third-order valence-electron chi connectivity index (χ3n) is 5.78. The van der Waals surface area contributed by atoms with Crippen molar-refractivity contribution >= 4 is 28.8 Å². The van der Waals surface area contributed by atoms with Crippen LogP contribution in [0.1, 0.15) is 19.3 Å². The predicted octanol–water partition coefficient (Wildman–Crippen LogP) is 2.08. The van der Waals surface area contributed by atoms with Gasteiger partial charge in [-0.25, -0.2) is 4.98 Å². The van der Waals surface area contributed by atoms with Crippen LogP contribution < -0.4 is 10.2 Å². The number of imidazole rings is 1. The molecule has 2 aliphatic heterocycles. The molecular formula is C22H27N7O2. The minimum absolute atomic E-state index is 0.264. The van der Waals surface area contributed by atoms with Gasteiger partial charge in [-0.3, -0.25) is 9.36 Å². The van der Waals surface area contributed by atoms with Gasteiger partial charge in [0.15, 0.2) is 17.0 Å². The minimum Gasteiger partial charge on any atom is -0.378 e. The molecular weight excluding hydrogens is 394 g/mol. The van der Waals surface area contributed by atoms with Crippen LogP contribution in [0.25, 0.3) is 16.9 Å². The molecule has 162 valence electrons. The van der Waals surface area contributed by atoms with E-state index in [9.17, 15) is 4.79 Å². The van der Waals surface area contributed by atoms with Crippen molar-refractivity contribution in [3.8, 4) is 5.69 Å². The summed E-state index contributed by atoms with van der Waals surface area (Å²) in [7, 11) is 0. The molecule has 1 amide bonds. The number of benzene rings is 1. The second kappa shape index (κ2) is 8.89. The monoisotopic (exact) mass is 421 g/mol. The van der Waals surface area contributed by atoms with E-state index in [4.69, 9.17) is 14.7 Å². The van der Waals surface area contributed by atoms with Crippen LogP contribution in [0, 0.1) is 0 Å². The van der Waals surface area contributed by atoms with Crippen LogP contribution in [0.4, 0.5) is 11.8 Å². The Morgan fingerprint density at radius 2 is 1.90 bits per heavy atom. The van der Waals surface area contributed by atoms with E-state index in [0.717, 1.165) is 68.2 Å². The van der Waals surface area contributed by atoms with E-state index < -0.39 is 0 Å². The Morgan fingerprint density at radius 1 is 1.06 bits per heavy atom. The Bertz CT molecular complexity index is 1050. The summed E-state index contributed by atoms with van der Waals surface area (Å²) in [6, 6.07) is 10.1. The maximum absolute atomic E-state index is 11.8. The van der Waals surface area contributed by atoms with Crippen molar-refractivity contribution in [2.24, 2.45) is 0 Å². The molecule has 9 nitrogen and oxygen atoms in total. The number of aromatic nitrogens is 4. The number of hydrogen-bond donors (Lipinski definition) is 1. The number of anilines is 2. The van der Waals surface area contributed by atoms with Crippen LogP contribution in [-0.4, -0.2) is 76.3 Å². The lowest BCUT2D eigenvalue weighted by atomic mass is 10.3. The van der Waals surface area contributed by atoms with Gasteiger partial charge in [0.25, 0.3) is 0 Å². The standard InChI is InChI=1S/C22H27N7O2/c30-18-8-4-10-27(18)11-5-9-23-20-19-21(26-22(25-20)28-12-14-31-15-13-28)29(16-24-19)17-6-2-1-3-7-17/h1-3,6-7,16H,4-5,8-15H2,(H,23,25,26). The van der Waals surface area contributed by atoms with Crippen LogP contribution in [-0.2, 0) is 9.53 Å². The van der Waals surface area contributed by atoms with E-state index in [1.54, 1.807) is 6.33 Å². The summed E-state index contributed by atoms with van der Waals surface area (Å²) in [5, 5.41) is 3.45. The third-order valence-corrected chi connectivity index (χ3v) is 5.78. The fourth-order valence-electron chi connectivity index (χ4n) is 4.11. The third kappa shape index (κ3) is 4.18. The maximum Gasteiger partial charge on any atom is 0.229 e. The number of fused-ring (bicyclic) bond motifs is 1. The first-order valence-corrected chi connectivity index (χ1v) is 10.9. The number of carbonyl (C=O) groups is 1. The van der Waals surface area contributed by atoms with E-state index in [2.05, 4.69) is 15.2 Å². The molecule has 2 fully saturated rings. The Hall–Kier alpha value is -3.20. The summed E-state index contributed by atoms with van der Waals surface area (Å²) in [5.74, 6) is 1.68. The first-order chi connectivity index (χ1) is 15.3. The number of nitrogens with one attached hydrogen (secondary N) is 1. The minimum atomic E-state index is 0.264. The number of ether oxygens (including phenoxy) is 1. The van der Waals surface area contributed by atoms with Crippen molar-refractivity contribution in [1.29, 1.82) is 0 Å². The molecule has 1 aromatic carbocycles. The Labute approximate surface area is 181 Å². The van der Waals surface area contributed by atoms with Crippen LogP contribution in [0.2, 0.25) is 0 Å². The first kappa shape index (κ1) is 19.7. The van der Waals surface area contributed by atoms with Crippen molar-refractivity contribution in [2.45, 2.75) is 19.3 Å². The number of para-hydroxylation sites is 1. The largest absolute Gasteiger partial charge is 0.378 e. The fourth-order valence-corrected chi connectivity index (χ4v) is 4.11. The van der Waals surface area contributed by atoms with Gasteiger partial charge in [-0.15, -0.1) is 0 Å². The Morgan fingerprint density at radius 3 is 2.68 bits per heavy atom. The summed E-state index contributed by atoms with van der Waals surface area (Å²) in [6.07, 6.45) is 4.31. The summed E-state index contributed by atoms with van der Waals surface area (Å²) in [5.41, 5.74) is 2.54. The van der Waals surface area contributed by atoms with Gasteiger partial charge in [0.1, 0.15) is 6.33 Å². The highest BCUT2D eigenvalue weighted by molar-refractivity contribution is 5.85. The Balaban J connectivity index is 1.41. The zero-order valence-corrected chi connectivity index (χ0v) is 17.5. The van der Waals surface area contributed by atoms with Crippen LogP contribution >= 0.6 is 0 Å². The molecule has 0 aliphatic carbocycles. The SMILES string of the molecule is O=C1CCCN1CCCNc1nc(N2CCOCC2)nc2c1ncn2-c1ccccc1. The second-order valence-corrected chi connectivity index (χ2v) is 7.86.